The maximum absolute atomic E-state index is 13.1. The second-order valence-corrected chi connectivity index (χ2v) is 8.80. The normalized spacial score (nSPS) is 13.4. The van der Waals surface area contributed by atoms with Gasteiger partial charge in [0, 0.05) is 10.4 Å². The van der Waals surface area contributed by atoms with Gasteiger partial charge in [-0.05, 0) is 56.5 Å². The Labute approximate surface area is 165 Å². The van der Waals surface area contributed by atoms with E-state index in [2.05, 4.69) is 10.5 Å². The predicted octanol–water partition coefficient (Wildman–Crippen LogP) is 4.71. The van der Waals surface area contributed by atoms with Gasteiger partial charge in [0.15, 0.2) is 0 Å². The van der Waals surface area contributed by atoms with Crippen LogP contribution in [0.15, 0.2) is 22.0 Å². The highest BCUT2D eigenvalue weighted by Gasteiger charge is 2.27. The first-order valence-corrected chi connectivity index (χ1v) is 10.7. The molecule has 140 valence electrons. The van der Waals surface area contributed by atoms with E-state index < -0.39 is 0 Å². The van der Waals surface area contributed by atoms with Crippen molar-refractivity contribution in [2.75, 3.05) is 5.32 Å². The number of carbonyl (C=O) groups excluding carboxylic acids is 2. The van der Waals surface area contributed by atoms with Crippen molar-refractivity contribution >= 4 is 39.4 Å². The molecule has 3 aromatic heterocycles. The van der Waals surface area contributed by atoms with Gasteiger partial charge < -0.3 is 9.84 Å². The summed E-state index contributed by atoms with van der Waals surface area (Å²) in [4.78, 5) is 27.7. The predicted molar refractivity (Wildman–Crippen MR) is 107 cm³/mol. The fourth-order valence-corrected chi connectivity index (χ4v) is 5.48. The molecule has 4 rings (SSSR count). The number of ketones is 1. The zero-order valence-corrected chi connectivity index (χ0v) is 16.9. The molecule has 0 saturated heterocycles. The van der Waals surface area contributed by atoms with Gasteiger partial charge in [-0.2, -0.15) is 0 Å². The van der Waals surface area contributed by atoms with Crippen LogP contribution in [-0.2, 0) is 24.1 Å². The Kier molecular flexibility index (Phi) is 4.97. The molecule has 27 heavy (non-hydrogen) atoms. The third-order valence-corrected chi connectivity index (χ3v) is 6.99. The van der Waals surface area contributed by atoms with Crippen LogP contribution >= 0.6 is 22.7 Å². The maximum atomic E-state index is 13.1. The van der Waals surface area contributed by atoms with E-state index in [1.54, 1.807) is 18.3 Å². The molecule has 1 aliphatic carbocycles. The smallest absolute Gasteiger partial charge is 0.229 e. The fraction of sp³-hybridized carbons (Fsp3) is 0.350. The summed E-state index contributed by atoms with van der Waals surface area (Å²) >= 11 is 2.99. The highest BCUT2D eigenvalue weighted by molar-refractivity contribution is 7.17. The van der Waals surface area contributed by atoms with E-state index in [0.717, 1.165) is 42.5 Å². The van der Waals surface area contributed by atoms with Gasteiger partial charge in [-0.3, -0.25) is 9.59 Å². The number of nitrogens with zero attached hydrogens (tertiary/aromatic N) is 1. The van der Waals surface area contributed by atoms with Crippen LogP contribution < -0.4 is 5.32 Å². The van der Waals surface area contributed by atoms with Gasteiger partial charge in [-0.25, -0.2) is 0 Å². The van der Waals surface area contributed by atoms with Gasteiger partial charge >= 0.3 is 0 Å². The van der Waals surface area contributed by atoms with Crippen LogP contribution in [0.3, 0.4) is 0 Å². The van der Waals surface area contributed by atoms with E-state index >= 15 is 0 Å². The molecular weight excluding hydrogens is 380 g/mol. The third kappa shape index (κ3) is 3.49. The van der Waals surface area contributed by atoms with Crippen LogP contribution in [0.5, 0.6) is 0 Å². The molecule has 0 aromatic carbocycles. The second-order valence-electron chi connectivity index (χ2n) is 6.75. The zero-order valence-electron chi connectivity index (χ0n) is 15.3. The van der Waals surface area contributed by atoms with Gasteiger partial charge in [0.05, 0.1) is 22.6 Å². The molecule has 1 amide bonds. The summed E-state index contributed by atoms with van der Waals surface area (Å²) in [6.07, 6.45) is 4.28. The third-order valence-electron chi connectivity index (χ3n) is 4.91. The van der Waals surface area contributed by atoms with Crippen molar-refractivity contribution in [2.24, 2.45) is 0 Å². The lowest BCUT2D eigenvalue weighted by molar-refractivity contribution is -0.115. The average Bonchev–Trinajstić information content (AvgIpc) is 3.37. The number of hydrogen-bond donors (Lipinski definition) is 1. The van der Waals surface area contributed by atoms with Crippen molar-refractivity contribution in [1.29, 1.82) is 0 Å². The van der Waals surface area contributed by atoms with Gasteiger partial charge in [0.2, 0.25) is 11.7 Å². The standard InChI is InChI=1S/C20H20N2O3S2/c1-11-14(12(2)25-22-11)10-17(23)21-20-18(19(24)16-8-5-9-26-16)13-6-3-4-7-15(13)27-20/h5,8-9H,3-4,6-7,10H2,1-2H3,(H,21,23). The number of thiophene rings is 2. The molecular formula is C20H20N2O3S2. The Balaban J connectivity index is 1.65. The number of rotatable bonds is 5. The van der Waals surface area contributed by atoms with Crippen LogP contribution in [0.4, 0.5) is 5.00 Å². The second kappa shape index (κ2) is 7.40. The van der Waals surface area contributed by atoms with E-state index in [1.807, 2.05) is 24.4 Å². The van der Waals surface area contributed by atoms with Crippen molar-refractivity contribution in [3.05, 3.63) is 55.4 Å². The summed E-state index contributed by atoms with van der Waals surface area (Å²) in [5.41, 5.74) is 3.34. The van der Waals surface area contributed by atoms with E-state index in [4.69, 9.17) is 4.52 Å². The van der Waals surface area contributed by atoms with E-state index in [0.29, 0.717) is 21.2 Å². The van der Waals surface area contributed by atoms with Crippen LogP contribution in [0.25, 0.3) is 0 Å². The van der Waals surface area contributed by atoms with Gasteiger partial charge in [-0.15, -0.1) is 22.7 Å². The minimum atomic E-state index is -0.150. The zero-order chi connectivity index (χ0) is 19.0. The first-order valence-electron chi connectivity index (χ1n) is 8.99. The number of anilines is 1. The van der Waals surface area contributed by atoms with Gasteiger partial charge in [0.1, 0.15) is 10.8 Å². The lowest BCUT2D eigenvalue weighted by Crippen LogP contribution is -2.17. The molecule has 1 N–H and O–H groups in total. The molecule has 0 radical (unpaired) electrons. The van der Waals surface area contributed by atoms with Crippen LogP contribution in [0.1, 0.15) is 55.5 Å². The minimum Gasteiger partial charge on any atom is -0.361 e. The summed E-state index contributed by atoms with van der Waals surface area (Å²) in [6.45, 7) is 3.63. The number of amides is 1. The molecule has 0 bridgehead atoms. The highest BCUT2D eigenvalue weighted by Crippen LogP contribution is 2.39. The topological polar surface area (TPSA) is 72.2 Å². The molecule has 7 heteroatoms. The van der Waals surface area contributed by atoms with Crippen molar-refractivity contribution < 1.29 is 14.1 Å². The number of aryl methyl sites for hydroxylation is 3. The summed E-state index contributed by atoms with van der Waals surface area (Å²) in [5.74, 6) is 0.517. The van der Waals surface area contributed by atoms with Crippen LogP contribution in [0, 0.1) is 13.8 Å². The highest BCUT2D eigenvalue weighted by atomic mass is 32.1. The molecule has 3 heterocycles. The van der Waals surface area contributed by atoms with Crippen molar-refractivity contribution in [3.63, 3.8) is 0 Å². The van der Waals surface area contributed by atoms with Crippen LogP contribution in [-0.4, -0.2) is 16.8 Å². The lowest BCUT2D eigenvalue weighted by Gasteiger charge is -2.12. The molecule has 0 spiro atoms. The molecule has 0 fully saturated rings. The summed E-state index contributed by atoms with van der Waals surface area (Å²) < 4.78 is 5.14. The van der Waals surface area contributed by atoms with Crippen molar-refractivity contribution in [3.8, 4) is 0 Å². The van der Waals surface area contributed by atoms with Gasteiger partial charge in [-0.1, -0.05) is 11.2 Å². The van der Waals surface area contributed by atoms with Crippen LogP contribution in [0.2, 0.25) is 0 Å². The Morgan fingerprint density at radius 3 is 2.78 bits per heavy atom. The minimum absolute atomic E-state index is 0.0111. The average molecular weight is 401 g/mol. The fourth-order valence-electron chi connectivity index (χ4n) is 3.51. The quantitative estimate of drug-likeness (QED) is 0.630. The largest absolute Gasteiger partial charge is 0.361 e. The van der Waals surface area contributed by atoms with E-state index in [1.165, 1.54) is 16.2 Å². The molecule has 1 aliphatic rings. The maximum Gasteiger partial charge on any atom is 0.229 e. The van der Waals surface area contributed by atoms with Gasteiger partial charge in [0.25, 0.3) is 0 Å². The first-order chi connectivity index (χ1) is 13.0. The molecule has 0 saturated carbocycles. The molecule has 0 aliphatic heterocycles. The Morgan fingerprint density at radius 2 is 2.07 bits per heavy atom. The van der Waals surface area contributed by atoms with E-state index in [9.17, 15) is 9.59 Å². The summed E-state index contributed by atoms with van der Waals surface area (Å²) in [5, 5.41) is 9.48. The molecule has 0 atom stereocenters. The SMILES string of the molecule is Cc1noc(C)c1CC(=O)Nc1sc2c(c1C(=O)c1cccs1)CCCC2. The monoisotopic (exact) mass is 400 g/mol. The van der Waals surface area contributed by atoms with Crippen molar-refractivity contribution in [1.82, 2.24) is 5.16 Å². The van der Waals surface area contributed by atoms with Crippen molar-refractivity contribution in [2.45, 2.75) is 46.0 Å². The number of hydrogen-bond acceptors (Lipinski definition) is 6. The Morgan fingerprint density at radius 1 is 1.26 bits per heavy atom. The van der Waals surface area contributed by atoms with E-state index in [-0.39, 0.29) is 18.1 Å². The lowest BCUT2D eigenvalue weighted by atomic mass is 9.93. The molecule has 0 unspecified atom stereocenters. The summed E-state index contributed by atoms with van der Waals surface area (Å²) in [7, 11) is 0. The number of fused-ring (bicyclic) bond motifs is 1. The molecule has 5 nitrogen and oxygen atoms in total. The number of aromatic nitrogens is 1. The summed E-state index contributed by atoms with van der Waals surface area (Å²) in [6, 6.07) is 3.72. The number of carbonyl (C=O) groups is 2. The first kappa shape index (κ1) is 18.1. The number of nitrogens with one attached hydrogen (secondary N) is 1. The Bertz CT molecular complexity index is 980. The molecule has 3 aromatic rings. The Hall–Kier alpha value is -2.25.